The first-order chi connectivity index (χ1) is 18.7. The number of rotatable bonds is 8. The fourth-order valence-electron chi connectivity index (χ4n) is 3.93. The molecule has 11 heteroatoms. The van der Waals surface area contributed by atoms with E-state index in [1.807, 2.05) is 13.0 Å². The Morgan fingerprint density at radius 2 is 1.64 bits per heavy atom. The number of halogens is 2. The van der Waals surface area contributed by atoms with Gasteiger partial charge in [0.1, 0.15) is 5.69 Å². The Labute approximate surface area is 235 Å². The Hall–Kier alpha value is -4.21. The largest absolute Gasteiger partial charge is 0.493 e. The van der Waals surface area contributed by atoms with Crippen LogP contribution in [-0.4, -0.2) is 43.2 Å². The van der Waals surface area contributed by atoms with E-state index >= 15 is 0 Å². The molecular formula is C28H26Cl2N4O5. The second-order valence-electron chi connectivity index (χ2n) is 8.62. The van der Waals surface area contributed by atoms with E-state index in [0.717, 1.165) is 11.1 Å². The number of amides is 3. The maximum absolute atomic E-state index is 13.2. The van der Waals surface area contributed by atoms with Gasteiger partial charge < -0.3 is 20.1 Å². The molecule has 4 rings (SSSR count). The number of anilines is 1. The van der Waals surface area contributed by atoms with E-state index in [4.69, 9.17) is 32.7 Å². The molecule has 0 aliphatic carbocycles. The van der Waals surface area contributed by atoms with Gasteiger partial charge in [-0.1, -0.05) is 35.3 Å². The van der Waals surface area contributed by atoms with Gasteiger partial charge in [-0.15, -0.1) is 0 Å². The lowest BCUT2D eigenvalue weighted by atomic mass is 10.1. The second-order valence-corrected chi connectivity index (χ2v) is 9.47. The number of nitrogens with zero attached hydrogens (tertiary/aromatic N) is 1. The number of benzene rings is 3. The Morgan fingerprint density at radius 1 is 0.872 bits per heavy atom. The molecule has 0 saturated heterocycles. The third kappa shape index (κ3) is 6.45. The van der Waals surface area contributed by atoms with Gasteiger partial charge in [0.05, 0.1) is 19.7 Å². The molecule has 0 atom stereocenters. The van der Waals surface area contributed by atoms with Gasteiger partial charge in [-0.05, 0) is 73.0 Å². The normalized spacial score (nSPS) is 10.7. The molecule has 1 aromatic heterocycles. The second kappa shape index (κ2) is 12.1. The summed E-state index contributed by atoms with van der Waals surface area (Å²) in [6.45, 7) is 2.05. The zero-order valence-corrected chi connectivity index (χ0v) is 22.9. The van der Waals surface area contributed by atoms with E-state index in [0.29, 0.717) is 44.6 Å². The first-order valence-corrected chi connectivity index (χ1v) is 12.6. The quantitative estimate of drug-likeness (QED) is 0.260. The van der Waals surface area contributed by atoms with Crippen molar-refractivity contribution in [3.05, 3.63) is 87.5 Å². The molecule has 0 spiro atoms. The summed E-state index contributed by atoms with van der Waals surface area (Å²) >= 11 is 12.3. The summed E-state index contributed by atoms with van der Waals surface area (Å²) in [7, 11) is 3.09. The van der Waals surface area contributed by atoms with E-state index in [1.165, 1.54) is 11.8 Å². The summed E-state index contributed by atoms with van der Waals surface area (Å²) in [5.41, 5.74) is 5.32. The van der Waals surface area contributed by atoms with Crippen LogP contribution in [0.25, 0.3) is 10.9 Å². The standard InChI is InChI=1S/C28H26Cl2N4O5/c1-16-4-7-20(15-21(16)30)32-26(35)23-14-18-13-19(29)6-8-22(18)34(23)33-28(37)27(36)31-11-10-17-5-9-24(38-2)25(12-17)39-3/h4-9,12-15H,10-11H2,1-3H3,(H,31,36)(H,32,35)(H,33,37). The smallest absolute Gasteiger partial charge is 0.328 e. The minimum atomic E-state index is -0.942. The number of aryl methyl sites for hydroxylation is 1. The van der Waals surface area contributed by atoms with Gasteiger partial charge in [0.2, 0.25) is 0 Å². The molecule has 1 heterocycles. The van der Waals surface area contributed by atoms with E-state index in [-0.39, 0.29) is 12.2 Å². The lowest BCUT2D eigenvalue weighted by Crippen LogP contribution is -2.40. The Morgan fingerprint density at radius 3 is 2.36 bits per heavy atom. The first kappa shape index (κ1) is 27.8. The number of ether oxygens (including phenoxy) is 2. The number of fused-ring (bicyclic) bond motifs is 1. The fourth-order valence-corrected chi connectivity index (χ4v) is 4.29. The Balaban J connectivity index is 1.48. The molecule has 0 unspecified atom stereocenters. The van der Waals surface area contributed by atoms with Gasteiger partial charge in [-0.2, -0.15) is 0 Å². The molecule has 0 radical (unpaired) electrons. The van der Waals surface area contributed by atoms with Crippen LogP contribution in [-0.2, 0) is 16.0 Å². The highest BCUT2D eigenvalue weighted by atomic mass is 35.5. The summed E-state index contributed by atoms with van der Waals surface area (Å²) in [6, 6.07) is 17.0. The van der Waals surface area contributed by atoms with Crippen LogP contribution in [0.2, 0.25) is 10.0 Å². The number of hydrogen-bond acceptors (Lipinski definition) is 5. The first-order valence-electron chi connectivity index (χ1n) is 11.9. The monoisotopic (exact) mass is 568 g/mol. The molecule has 3 N–H and O–H groups in total. The molecule has 0 fully saturated rings. The van der Waals surface area contributed by atoms with E-state index in [9.17, 15) is 14.4 Å². The summed E-state index contributed by atoms with van der Waals surface area (Å²) in [4.78, 5) is 38.6. The highest BCUT2D eigenvalue weighted by Gasteiger charge is 2.21. The number of aromatic nitrogens is 1. The van der Waals surface area contributed by atoms with Crippen LogP contribution in [0.3, 0.4) is 0 Å². The van der Waals surface area contributed by atoms with Gasteiger partial charge in [0, 0.05) is 27.7 Å². The molecule has 0 saturated carbocycles. The van der Waals surface area contributed by atoms with E-state index in [2.05, 4.69) is 16.1 Å². The van der Waals surface area contributed by atoms with Crippen molar-refractivity contribution in [2.75, 3.05) is 31.5 Å². The van der Waals surface area contributed by atoms with E-state index in [1.54, 1.807) is 61.7 Å². The van der Waals surface area contributed by atoms with Crippen LogP contribution in [0.4, 0.5) is 5.69 Å². The maximum atomic E-state index is 13.2. The highest BCUT2D eigenvalue weighted by Crippen LogP contribution is 2.28. The van der Waals surface area contributed by atoms with Crippen LogP contribution in [0.5, 0.6) is 11.5 Å². The molecule has 0 aliphatic rings. The summed E-state index contributed by atoms with van der Waals surface area (Å²) in [5, 5.41) is 6.91. The van der Waals surface area contributed by atoms with Crippen molar-refractivity contribution in [2.24, 2.45) is 0 Å². The van der Waals surface area contributed by atoms with Crippen LogP contribution in [0.1, 0.15) is 21.6 Å². The predicted octanol–water partition coefficient (Wildman–Crippen LogP) is 4.96. The van der Waals surface area contributed by atoms with E-state index < -0.39 is 17.7 Å². The Bertz CT molecular complexity index is 1570. The molecular weight excluding hydrogens is 543 g/mol. The van der Waals surface area contributed by atoms with Crippen molar-refractivity contribution in [1.29, 1.82) is 0 Å². The van der Waals surface area contributed by atoms with Crippen molar-refractivity contribution in [3.63, 3.8) is 0 Å². The van der Waals surface area contributed by atoms with Crippen molar-refractivity contribution >= 4 is 57.5 Å². The average Bonchev–Trinajstić information content (AvgIpc) is 3.27. The van der Waals surface area contributed by atoms with Crippen molar-refractivity contribution in [3.8, 4) is 11.5 Å². The van der Waals surface area contributed by atoms with Crippen LogP contribution < -0.4 is 25.5 Å². The molecule has 3 aromatic carbocycles. The molecule has 0 aliphatic heterocycles. The molecule has 39 heavy (non-hydrogen) atoms. The third-order valence-electron chi connectivity index (χ3n) is 5.99. The van der Waals surface area contributed by atoms with Gasteiger partial charge in [0.25, 0.3) is 5.91 Å². The van der Waals surface area contributed by atoms with Gasteiger partial charge >= 0.3 is 11.8 Å². The fraction of sp³-hybridized carbons (Fsp3) is 0.179. The number of methoxy groups -OCH3 is 2. The summed E-state index contributed by atoms with van der Waals surface area (Å²) in [5.74, 6) is -1.16. The van der Waals surface area contributed by atoms with Crippen molar-refractivity contribution < 1.29 is 23.9 Å². The number of carbonyl (C=O) groups excluding carboxylic acids is 3. The molecule has 0 bridgehead atoms. The van der Waals surface area contributed by atoms with Crippen molar-refractivity contribution in [2.45, 2.75) is 13.3 Å². The number of hydrogen-bond donors (Lipinski definition) is 3. The zero-order chi connectivity index (χ0) is 28.1. The molecule has 3 amide bonds. The van der Waals surface area contributed by atoms with Crippen molar-refractivity contribution in [1.82, 2.24) is 9.99 Å². The lowest BCUT2D eigenvalue weighted by molar-refractivity contribution is -0.136. The maximum Gasteiger partial charge on any atom is 0.328 e. The molecule has 4 aromatic rings. The lowest BCUT2D eigenvalue weighted by Gasteiger charge is -2.13. The van der Waals surface area contributed by atoms with Crippen LogP contribution in [0.15, 0.2) is 60.7 Å². The minimum absolute atomic E-state index is 0.0930. The topological polar surface area (TPSA) is 111 Å². The number of carbonyl (C=O) groups is 3. The predicted molar refractivity (Wildman–Crippen MR) is 152 cm³/mol. The van der Waals surface area contributed by atoms with Gasteiger partial charge in [0.15, 0.2) is 11.5 Å². The summed E-state index contributed by atoms with van der Waals surface area (Å²) < 4.78 is 11.8. The number of nitrogens with one attached hydrogen (secondary N) is 3. The molecule has 202 valence electrons. The SMILES string of the molecule is COc1ccc(CCNC(=O)C(=O)Nn2c(C(=O)Nc3ccc(C)c(Cl)c3)cc3cc(Cl)ccc32)cc1OC. The van der Waals surface area contributed by atoms with Crippen LogP contribution in [0, 0.1) is 6.92 Å². The highest BCUT2D eigenvalue weighted by molar-refractivity contribution is 6.38. The van der Waals surface area contributed by atoms with Gasteiger partial charge in [-0.3, -0.25) is 19.8 Å². The Kier molecular flexibility index (Phi) is 8.63. The average molecular weight is 569 g/mol. The van der Waals surface area contributed by atoms with Gasteiger partial charge in [-0.25, -0.2) is 4.68 Å². The summed E-state index contributed by atoms with van der Waals surface area (Å²) in [6.07, 6.45) is 0.455. The van der Waals surface area contributed by atoms with Crippen LogP contribution >= 0.6 is 23.2 Å². The zero-order valence-electron chi connectivity index (χ0n) is 21.4. The molecule has 9 nitrogen and oxygen atoms in total. The third-order valence-corrected chi connectivity index (χ3v) is 6.64. The minimum Gasteiger partial charge on any atom is -0.493 e.